The minimum Gasteiger partial charge on any atom is -0.361 e. The molecule has 3 saturated heterocycles. The van der Waals surface area contributed by atoms with Crippen molar-refractivity contribution in [2.75, 3.05) is 46.3 Å². The van der Waals surface area contributed by atoms with Crippen molar-refractivity contribution in [3.8, 4) is 0 Å². The molecule has 5 aliphatic rings. The van der Waals surface area contributed by atoms with Gasteiger partial charge in [0.25, 0.3) is 0 Å². The van der Waals surface area contributed by atoms with Gasteiger partial charge in [0.2, 0.25) is 0 Å². The van der Waals surface area contributed by atoms with E-state index in [4.69, 9.17) is 4.74 Å². The first-order valence-corrected chi connectivity index (χ1v) is 12.1. The van der Waals surface area contributed by atoms with Crippen LogP contribution in [-0.2, 0) is 11.2 Å². The van der Waals surface area contributed by atoms with Crippen LogP contribution < -0.4 is 5.32 Å². The van der Waals surface area contributed by atoms with E-state index in [-0.39, 0.29) is 6.23 Å². The van der Waals surface area contributed by atoms with Crippen molar-refractivity contribution >= 4 is 16.5 Å². The lowest BCUT2D eigenvalue weighted by molar-refractivity contribution is -0.0795. The highest BCUT2D eigenvalue weighted by atomic mass is 16.5. The number of likely N-dealkylation sites (N-methyl/N-ethyl adjacent to an activating group) is 1. The molecule has 2 N–H and O–H groups in total. The maximum atomic E-state index is 6.52. The summed E-state index contributed by atoms with van der Waals surface area (Å²) in [7, 11) is 2.30. The van der Waals surface area contributed by atoms with Gasteiger partial charge in [-0.3, -0.25) is 20.0 Å². The van der Waals surface area contributed by atoms with Crippen molar-refractivity contribution in [2.45, 2.75) is 43.8 Å². The summed E-state index contributed by atoms with van der Waals surface area (Å²) in [6.07, 6.45) is 8.97. The molecule has 0 saturated carbocycles. The Bertz CT molecular complexity index is 1030. The highest BCUT2D eigenvalue weighted by Gasteiger charge is 2.45. The molecule has 1 aliphatic carbocycles. The molecule has 1 unspecified atom stereocenters. The molecular formula is C25H33N5O. The minimum absolute atomic E-state index is 0.165. The van der Waals surface area contributed by atoms with E-state index in [9.17, 15) is 0 Å². The molecule has 0 radical (unpaired) electrons. The molecule has 3 fully saturated rings. The van der Waals surface area contributed by atoms with Crippen LogP contribution in [0.25, 0.3) is 16.5 Å². The lowest BCUT2D eigenvalue weighted by Gasteiger charge is -2.40. The fourth-order valence-corrected chi connectivity index (χ4v) is 6.95. The molecule has 6 nitrogen and oxygen atoms in total. The van der Waals surface area contributed by atoms with Gasteiger partial charge in [0.05, 0.1) is 0 Å². The second kappa shape index (κ2) is 7.15. The zero-order valence-corrected chi connectivity index (χ0v) is 18.4. The summed E-state index contributed by atoms with van der Waals surface area (Å²) < 4.78 is 6.52. The van der Waals surface area contributed by atoms with Crippen LogP contribution in [0.5, 0.6) is 0 Å². The molecule has 7 rings (SSSR count). The predicted octanol–water partition coefficient (Wildman–Crippen LogP) is 2.09. The lowest BCUT2D eigenvalue weighted by Crippen LogP contribution is -2.54. The molecule has 0 amide bonds. The molecule has 164 valence electrons. The number of piperazine rings is 1. The molecule has 1 aromatic heterocycles. The van der Waals surface area contributed by atoms with Crippen LogP contribution in [0.15, 0.2) is 30.5 Å². The molecule has 0 bridgehead atoms. The van der Waals surface area contributed by atoms with Crippen LogP contribution >= 0.6 is 0 Å². The van der Waals surface area contributed by atoms with Gasteiger partial charge in [-0.1, -0.05) is 18.2 Å². The van der Waals surface area contributed by atoms with E-state index in [0.717, 1.165) is 32.6 Å². The fraction of sp³-hybridized carbons (Fsp3) is 0.600. The zero-order valence-electron chi connectivity index (χ0n) is 18.4. The largest absolute Gasteiger partial charge is 0.361 e. The van der Waals surface area contributed by atoms with E-state index in [1.165, 1.54) is 53.5 Å². The first kappa shape index (κ1) is 18.8. The normalized spacial score (nSPS) is 35.8. The second-order valence-corrected chi connectivity index (χ2v) is 10.2. The first-order chi connectivity index (χ1) is 15.2. The standard InChI is InChI=1S/C25H33N5O/c1-28-14-16(10-19-18-4-2-5-20-24(18)17(13-26-20)11-22(19)28)12-27-23-15-30-9-8-29-7-3-6-21(29)25(30)31-23/h2,4-5,10,13,16,21-23,25-27H,3,6-9,11-12,14-15H2,1H3/t16-,21-,22+,23+,25?/m0/s1. The highest BCUT2D eigenvalue weighted by Crippen LogP contribution is 2.40. The Morgan fingerprint density at radius 2 is 2.10 bits per heavy atom. The summed E-state index contributed by atoms with van der Waals surface area (Å²) in [4.78, 5) is 11.2. The Labute approximate surface area is 184 Å². The van der Waals surface area contributed by atoms with Crippen LogP contribution in [0, 0.1) is 5.92 Å². The van der Waals surface area contributed by atoms with E-state index in [1.807, 2.05) is 0 Å². The summed E-state index contributed by atoms with van der Waals surface area (Å²) in [6.45, 7) is 6.74. The fourth-order valence-electron chi connectivity index (χ4n) is 6.95. The number of aromatic amines is 1. The Hall–Kier alpha value is -1.70. The van der Waals surface area contributed by atoms with Gasteiger partial charge >= 0.3 is 0 Å². The molecule has 5 heterocycles. The van der Waals surface area contributed by atoms with Gasteiger partial charge in [-0.2, -0.15) is 0 Å². The Morgan fingerprint density at radius 3 is 3.06 bits per heavy atom. The quantitative estimate of drug-likeness (QED) is 0.798. The zero-order chi connectivity index (χ0) is 20.5. The number of hydrogen-bond acceptors (Lipinski definition) is 5. The number of ether oxygens (including phenoxy) is 1. The van der Waals surface area contributed by atoms with Gasteiger partial charge in [0, 0.05) is 67.8 Å². The van der Waals surface area contributed by atoms with Gasteiger partial charge in [0.15, 0.2) is 0 Å². The molecular weight excluding hydrogens is 386 g/mol. The molecule has 31 heavy (non-hydrogen) atoms. The monoisotopic (exact) mass is 419 g/mol. The summed E-state index contributed by atoms with van der Waals surface area (Å²) >= 11 is 0. The van der Waals surface area contributed by atoms with Crippen LogP contribution in [0.4, 0.5) is 0 Å². The summed E-state index contributed by atoms with van der Waals surface area (Å²) in [5.74, 6) is 0.510. The average molecular weight is 420 g/mol. The van der Waals surface area contributed by atoms with Crippen LogP contribution in [0.1, 0.15) is 24.0 Å². The number of fused-ring (bicyclic) bond motifs is 5. The molecule has 0 spiro atoms. The number of aromatic nitrogens is 1. The number of benzene rings is 1. The summed E-state index contributed by atoms with van der Waals surface area (Å²) in [5, 5.41) is 5.22. The highest BCUT2D eigenvalue weighted by molar-refractivity contribution is 5.98. The van der Waals surface area contributed by atoms with Crippen molar-refractivity contribution in [3.63, 3.8) is 0 Å². The van der Waals surface area contributed by atoms with Gasteiger partial charge in [-0.15, -0.1) is 0 Å². The maximum absolute atomic E-state index is 6.52. The minimum atomic E-state index is 0.165. The molecule has 5 atom stereocenters. The predicted molar refractivity (Wildman–Crippen MR) is 123 cm³/mol. The van der Waals surface area contributed by atoms with Crippen molar-refractivity contribution in [2.24, 2.45) is 5.92 Å². The first-order valence-electron chi connectivity index (χ1n) is 12.1. The smallest absolute Gasteiger partial charge is 0.128 e. The van der Waals surface area contributed by atoms with E-state index in [1.54, 1.807) is 0 Å². The Balaban J connectivity index is 1.08. The second-order valence-electron chi connectivity index (χ2n) is 10.2. The van der Waals surface area contributed by atoms with Crippen LogP contribution in [0.3, 0.4) is 0 Å². The number of nitrogens with one attached hydrogen (secondary N) is 2. The van der Waals surface area contributed by atoms with E-state index >= 15 is 0 Å². The number of rotatable bonds is 3. The van der Waals surface area contributed by atoms with Crippen LogP contribution in [0.2, 0.25) is 0 Å². The topological polar surface area (TPSA) is 46.8 Å². The van der Waals surface area contributed by atoms with E-state index in [2.05, 4.69) is 62.5 Å². The lowest BCUT2D eigenvalue weighted by atomic mass is 9.80. The number of hydrogen-bond donors (Lipinski definition) is 2. The maximum Gasteiger partial charge on any atom is 0.128 e. The van der Waals surface area contributed by atoms with Gasteiger partial charge < -0.3 is 9.72 Å². The number of H-pyrrole nitrogens is 1. The van der Waals surface area contributed by atoms with Gasteiger partial charge in [-0.25, -0.2) is 0 Å². The third kappa shape index (κ3) is 2.96. The van der Waals surface area contributed by atoms with E-state index < -0.39 is 0 Å². The van der Waals surface area contributed by atoms with Crippen LogP contribution in [-0.4, -0.2) is 90.5 Å². The van der Waals surface area contributed by atoms with Gasteiger partial charge in [-0.05, 0) is 55.6 Å². The molecule has 2 aromatic rings. The van der Waals surface area contributed by atoms with Crippen molar-refractivity contribution in [1.29, 1.82) is 0 Å². The summed E-state index contributed by atoms with van der Waals surface area (Å²) in [5.41, 5.74) is 5.68. The Morgan fingerprint density at radius 1 is 1.16 bits per heavy atom. The number of nitrogens with zero attached hydrogens (tertiary/aromatic N) is 3. The SMILES string of the molecule is CN1C[C@H](CN[C@H]2CN3CCN4CCC[C@H]4C3O2)C=C2c3cccc4[nH]cc(c34)C[C@H]21. The van der Waals surface area contributed by atoms with E-state index in [0.29, 0.717) is 24.2 Å². The van der Waals surface area contributed by atoms with Gasteiger partial charge in [0.1, 0.15) is 12.5 Å². The van der Waals surface area contributed by atoms with Crippen molar-refractivity contribution in [3.05, 3.63) is 41.6 Å². The molecule has 1 aromatic carbocycles. The third-order valence-corrected chi connectivity index (χ3v) is 8.43. The Kier molecular flexibility index (Phi) is 4.35. The molecule has 4 aliphatic heterocycles. The van der Waals surface area contributed by atoms with Crippen molar-refractivity contribution in [1.82, 2.24) is 25.0 Å². The third-order valence-electron chi connectivity index (χ3n) is 8.43. The molecule has 6 heteroatoms. The summed E-state index contributed by atoms with van der Waals surface area (Å²) in [6, 6.07) is 7.81. The van der Waals surface area contributed by atoms with Crippen molar-refractivity contribution < 1.29 is 4.74 Å². The average Bonchev–Trinajstić information content (AvgIpc) is 3.51.